The molecule has 1 fully saturated rings. The molecule has 0 saturated heterocycles. The molecule has 21 heavy (non-hydrogen) atoms. The Kier molecular flexibility index (Phi) is 3.17. The quantitative estimate of drug-likeness (QED) is 0.794. The smallest absolute Gasteiger partial charge is 0.225 e. The molecule has 1 heterocycles. The molecule has 2 nitrogen and oxygen atoms in total. The summed E-state index contributed by atoms with van der Waals surface area (Å²) in [5, 5.41) is 5.53. The van der Waals surface area contributed by atoms with Crippen molar-refractivity contribution in [2.75, 3.05) is 5.32 Å². The minimum absolute atomic E-state index is 0.189. The van der Waals surface area contributed by atoms with Crippen molar-refractivity contribution in [3.63, 3.8) is 0 Å². The van der Waals surface area contributed by atoms with Crippen molar-refractivity contribution >= 4 is 22.4 Å². The Morgan fingerprint density at radius 3 is 2.62 bits per heavy atom. The molecular weight excluding hydrogens is 258 g/mol. The van der Waals surface area contributed by atoms with Crippen LogP contribution in [0.2, 0.25) is 0 Å². The average molecular weight is 279 g/mol. The third-order valence-corrected chi connectivity index (χ3v) is 5.25. The second-order valence-corrected chi connectivity index (χ2v) is 6.51. The SMILES string of the molecule is O=C1CC(C2CCCCC2)c2ccc3ccccc3c2N1. The van der Waals surface area contributed by atoms with Gasteiger partial charge >= 0.3 is 0 Å². The fourth-order valence-electron chi connectivity index (χ4n) is 4.19. The predicted molar refractivity (Wildman–Crippen MR) is 86.5 cm³/mol. The summed E-state index contributed by atoms with van der Waals surface area (Å²) in [5.41, 5.74) is 2.43. The van der Waals surface area contributed by atoms with Crippen LogP contribution in [0.25, 0.3) is 10.8 Å². The average Bonchev–Trinajstić information content (AvgIpc) is 2.55. The molecule has 0 spiro atoms. The Morgan fingerprint density at radius 1 is 0.952 bits per heavy atom. The molecule has 1 aliphatic carbocycles. The van der Waals surface area contributed by atoms with E-state index in [1.54, 1.807) is 0 Å². The molecule has 0 radical (unpaired) electrons. The van der Waals surface area contributed by atoms with Crippen LogP contribution in [-0.4, -0.2) is 5.91 Å². The zero-order valence-electron chi connectivity index (χ0n) is 12.3. The molecule has 108 valence electrons. The topological polar surface area (TPSA) is 29.1 Å². The van der Waals surface area contributed by atoms with Crippen LogP contribution in [0.4, 0.5) is 5.69 Å². The van der Waals surface area contributed by atoms with Gasteiger partial charge in [0, 0.05) is 11.8 Å². The van der Waals surface area contributed by atoms with E-state index in [-0.39, 0.29) is 5.91 Å². The summed E-state index contributed by atoms with van der Waals surface area (Å²) in [4.78, 5) is 12.2. The number of fused-ring (bicyclic) bond motifs is 3. The summed E-state index contributed by atoms with van der Waals surface area (Å²) in [6, 6.07) is 12.8. The first-order valence-corrected chi connectivity index (χ1v) is 8.14. The molecule has 2 aliphatic rings. The van der Waals surface area contributed by atoms with Gasteiger partial charge in [0.05, 0.1) is 5.69 Å². The van der Waals surface area contributed by atoms with Crippen LogP contribution in [0.3, 0.4) is 0 Å². The second-order valence-electron chi connectivity index (χ2n) is 6.51. The molecule has 2 aromatic carbocycles. The highest BCUT2D eigenvalue weighted by Crippen LogP contribution is 2.45. The van der Waals surface area contributed by atoms with Gasteiger partial charge in [-0.25, -0.2) is 0 Å². The normalized spacial score (nSPS) is 22.9. The second kappa shape index (κ2) is 5.18. The summed E-state index contributed by atoms with van der Waals surface area (Å²) >= 11 is 0. The van der Waals surface area contributed by atoms with Crippen molar-refractivity contribution in [3.8, 4) is 0 Å². The lowest BCUT2D eigenvalue weighted by Gasteiger charge is -2.34. The minimum atomic E-state index is 0.189. The van der Waals surface area contributed by atoms with Crippen molar-refractivity contribution < 1.29 is 4.79 Å². The molecule has 0 bridgehead atoms. The largest absolute Gasteiger partial charge is 0.325 e. The number of nitrogens with one attached hydrogen (secondary N) is 1. The Labute approximate surface area is 125 Å². The van der Waals surface area contributed by atoms with E-state index in [1.807, 2.05) is 0 Å². The molecule has 1 aliphatic heterocycles. The summed E-state index contributed by atoms with van der Waals surface area (Å²) in [6.45, 7) is 0. The van der Waals surface area contributed by atoms with Crippen LogP contribution < -0.4 is 5.32 Å². The monoisotopic (exact) mass is 279 g/mol. The van der Waals surface area contributed by atoms with E-state index in [2.05, 4.69) is 41.7 Å². The third kappa shape index (κ3) is 2.23. The number of rotatable bonds is 1. The van der Waals surface area contributed by atoms with Gasteiger partial charge in [-0.3, -0.25) is 4.79 Å². The fourth-order valence-corrected chi connectivity index (χ4v) is 4.19. The van der Waals surface area contributed by atoms with Gasteiger partial charge < -0.3 is 5.32 Å². The summed E-state index contributed by atoms with van der Waals surface area (Å²) < 4.78 is 0. The Morgan fingerprint density at radius 2 is 1.76 bits per heavy atom. The highest BCUT2D eigenvalue weighted by molar-refractivity contribution is 6.05. The molecule has 1 atom stereocenters. The van der Waals surface area contributed by atoms with E-state index in [4.69, 9.17) is 0 Å². The van der Waals surface area contributed by atoms with Crippen LogP contribution in [0.1, 0.15) is 50.0 Å². The molecule has 4 rings (SSSR count). The molecular formula is C19H21NO. The van der Waals surface area contributed by atoms with Crippen LogP contribution in [0, 0.1) is 5.92 Å². The molecule has 1 N–H and O–H groups in total. The Hall–Kier alpha value is -1.83. The Bertz CT molecular complexity index is 685. The number of carbonyl (C=O) groups is 1. The molecule has 1 unspecified atom stereocenters. The van der Waals surface area contributed by atoms with Gasteiger partial charge in [0.15, 0.2) is 0 Å². The molecule has 1 amide bonds. The van der Waals surface area contributed by atoms with Crippen molar-refractivity contribution in [2.24, 2.45) is 5.92 Å². The van der Waals surface area contributed by atoms with Crippen molar-refractivity contribution in [1.29, 1.82) is 0 Å². The first-order chi connectivity index (χ1) is 10.3. The lowest BCUT2D eigenvalue weighted by Crippen LogP contribution is -2.28. The van der Waals surface area contributed by atoms with Crippen molar-refractivity contribution in [1.82, 2.24) is 0 Å². The lowest BCUT2D eigenvalue weighted by atomic mass is 9.73. The molecule has 2 heteroatoms. The minimum Gasteiger partial charge on any atom is -0.325 e. The van der Waals surface area contributed by atoms with E-state index in [0.29, 0.717) is 18.3 Å². The van der Waals surface area contributed by atoms with Gasteiger partial charge in [-0.1, -0.05) is 55.7 Å². The molecule has 2 aromatic rings. The van der Waals surface area contributed by atoms with Crippen LogP contribution >= 0.6 is 0 Å². The number of amides is 1. The number of hydrogen-bond acceptors (Lipinski definition) is 1. The first-order valence-electron chi connectivity index (χ1n) is 8.14. The highest BCUT2D eigenvalue weighted by atomic mass is 16.1. The van der Waals surface area contributed by atoms with E-state index in [0.717, 1.165) is 5.69 Å². The van der Waals surface area contributed by atoms with Gasteiger partial charge in [-0.2, -0.15) is 0 Å². The standard InChI is InChI=1S/C19H21NO/c21-18-12-17(13-6-2-1-3-7-13)16-11-10-14-8-4-5-9-15(14)19(16)20-18/h4-5,8-11,13,17H,1-3,6-7,12H2,(H,20,21). The van der Waals surface area contributed by atoms with Gasteiger partial charge in [0.1, 0.15) is 0 Å². The summed E-state index contributed by atoms with van der Waals surface area (Å²) in [6.07, 6.45) is 7.24. The van der Waals surface area contributed by atoms with Crippen molar-refractivity contribution in [2.45, 2.75) is 44.4 Å². The maximum atomic E-state index is 12.2. The Balaban J connectivity index is 1.83. The highest BCUT2D eigenvalue weighted by Gasteiger charge is 2.32. The van der Waals surface area contributed by atoms with Crippen LogP contribution in [0.15, 0.2) is 36.4 Å². The first kappa shape index (κ1) is 12.9. The number of benzene rings is 2. The number of carbonyl (C=O) groups excluding carboxylic acids is 1. The van der Waals surface area contributed by atoms with Crippen LogP contribution in [0.5, 0.6) is 0 Å². The van der Waals surface area contributed by atoms with Crippen LogP contribution in [-0.2, 0) is 4.79 Å². The van der Waals surface area contributed by atoms with E-state index in [9.17, 15) is 4.79 Å². The maximum absolute atomic E-state index is 12.2. The number of anilines is 1. The number of hydrogen-bond donors (Lipinski definition) is 1. The maximum Gasteiger partial charge on any atom is 0.225 e. The zero-order chi connectivity index (χ0) is 14.2. The van der Waals surface area contributed by atoms with Gasteiger partial charge in [-0.15, -0.1) is 0 Å². The van der Waals surface area contributed by atoms with E-state index < -0.39 is 0 Å². The van der Waals surface area contributed by atoms with E-state index in [1.165, 1.54) is 48.4 Å². The van der Waals surface area contributed by atoms with Gasteiger partial charge in [0.25, 0.3) is 0 Å². The predicted octanol–water partition coefficient (Wildman–Crippen LogP) is 4.85. The molecule has 0 aromatic heterocycles. The summed E-state index contributed by atoms with van der Waals surface area (Å²) in [7, 11) is 0. The molecule has 1 saturated carbocycles. The third-order valence-electron chi connectivity index (χ3n) is 5.25. The zero-order valence-corrected chi connectivity index (χ0v) is 12.3. The fraction of sp³-hybridized carbons (Fsp3) is 0.421. The van der Waals surface area contributed by atoms with Gasteiger partial charge in [0.2, 0.25) is 5.91 Å². The summed E-state index contributed by atoms with van der Waals surface area (Å²) in [5.74, 6) is 1.29. The van der Waals surface area contributed by atoms with Crippen molar-refractivity contribution in [3.05, 3.63) is 42.0 Å². The van der Waals surface area contributed by atoms with Gasteiger partial charge in [-0.05, 0) is 35.6 Å². The lowest BCUT2D eigenvalue weighted by molar-refractivity contribution is -0.117. The van der Waals surface area contributed by atoms with E-state index >= 15 is 0 Å².